The molecule has 1 N–H and O–H groups in total. The van der Waals surface area contributed by atoms with Crippen LogP contribution in [0.2, 0.25) is 5.02 Å². The summed E-state index contributed by atoms with van der Waals surface area (Å²) < 4.78 is 0. The molecule has 0 aromatic heterocycles. The summed E-state index contributed by atoms with van der Waals surface area (Å²) in [5, 5.41) is 14.1. The van der Waals surface area contributed by atoms with E-state index >= 15 is 0 Å². The molecule has 146 valence electrons. The average Bonchev–Trinajstić information content (AvgIpc) is 2.66. The molecule has 8 heteroatoms. The molecule has 0 saturated heterocycles. The number of carbonyl (C=O) groups excluding carboxylic acids is 2. The van der Waals surface area contributed by atoms with Gasteiger partial charge in [-0.3, -0.25) is 19.7 Å². The van der Waals surface area contributed by atoms with Gasteiger partial charge in [-0.05, 0) is 48.7 Å². The van der Waals surface area contributed by atoms with E-state index in [1.165, 1.54) is 18.2 Å². The van der Waals surface area contributed by atoms with Crippen LogP contribution in [-0.4, -0.2) is 23.3 Å². The smallest absolute Gasteiger partial charge is 0.282 e. The zero-order valence-corrected chi connectivity index (χ0v) is 16.3. The highest BCUT2D eigenvalue weighted by Gasteiger charge is 2.25. The summed E-state index contributed by atoms with van der Waals surface area (Å²) in [4.78, 5) is 37.3. The third-order valence-electron chi connectivity index (χ3n) is 4.62. The van der Waals surface area contributed by atoms with Crippen LogP contribution in [-0.2, 0) is 11.2 Å². The van der Waals surface area contributed by atoms with E-state index < -0.39 is 10.8 Å². The third kappa shape index (κ3) is 3.99. The molecule has 1 aliphatic heterocycles. The Morgan fingerprint density at radius 3 is 2.64 bits per heavy atom. The summed E-state index contributed by atoms with van der Waals surface area (Å²) in [5.74, 6) is -0.652. The van der Waals surface area contributed by atoms with Crippen LogP contribution >= 0.6 is 11.6 Å². The molecule has 2 aromatic rings. The van der Waals surface area contributed by atoms with Crippen molar-refractivity contribution >= 4 is 40.5 Å². The Bertz CT molecular complexity index is 958. The van der Waals surface area contributed by atoms with E-state index in [1.54, 1.807) is 17.0 Å². The Labute approximate surface area is 167 Å². The monoisotopic (exact) mass is 401 g/mol. The van der Waals surface area contributed by atoms with E-state index in [1.807, 2.05) is 19.9 Å². The maximum atomic E-state index is 12.6. The quantitative estimate of drug-likeness (QED) is 0.605. The lowest BCUT2D eigenvalue weighted by molar-refractivity contribution is -0.385. The number of aryl methyl sites for hydroxylation is 1. The summed E-state index contributed by atoms with van der Waals surface area (Å²) in [6, 6.07) is 9.16. The average molecular weight is 402 g/mol. The van der Waals surface area contributed by atoms with Crippen molar-refractivity contribution in [2.24, 2.45) is 5.92 Å². The van der Waals surface area contributed by atoms with E-state index in [4.69, 9.17) is 11.6 Å². The van der Waals surface area contributed by atoms with Gasteiger partial charge in [0, 0.05) is 34.9 Å². The lowest BCUT2D eigenvalue weighted by Gasteiger charge is -2.31. The van der Waals surface area contributed by atoms with Crippen molar-refractivity contribution in [3.8, 4) is 0 Å². The number of hydrogen-bond donors (Lipinski definition) is 1. The van der Waals surface area contributed by atoms with Gasteiger partial charge in [0.05, 0.1) is 4.92 Å². The molecular formula is C20H20ClN3O4. The predicted molar refractivity (Wildman–Crippen MR) is 108 cm³/mol. The van der Waals surface area contributed by atoms with Crippen molar-refractivity contribution < 1.29 is 14.5 Å². The first kappa shape index (κ1) is 19.8. The minimum Gasteiger partial charge on any atom is -0.322 e. The standard InChI is InChI=1S/C20H20ClN3O4/c1-12(2)20(26)23-9-3-4-13-10-15(6-8-17(13)23)22-19(25)16-11-14(21)5-7-18(16)24(27)28/h5-8,10-12H,3-4,9H2,1-2H3,(H,22,25). The molecule has 0 unspecified atom stereocenters. The van der Waals surface area contributed by atoms with Gasteiger partial charge in [0.25, 0.3) is 11.6 Å². The van der Waals surface area contributed by atoms with Crippen molar-refractivity contribution in [2.45, 2.75) is 26.7 Å². The van der Waals surface area contributed by atoms with Gasteiger partial charge in [0.2, 0.25) is 5.91 Å². The van der Waals surface area contributed by atoms with Crippen molar-refractivity contribution in [1.82, 2.24) is 0 Å². The minimum absolute atomic E-state index is 0.0623. The molecule has 2 aromatic carbocycles. The Balaban J connectivity index is 1.87. The van der Waals surface area contributed by atoms with Crippen LogP contribution in [0.4, 0.5) is 17.1 Å². The fourth-order valence-corrected chi connectivity index (χ4v) is 3.44. The molecule has 1 heterocycles. The Morgan fingerprint density at radius 1 is 1.21 bits per heavy atom. The number of rotatable bonds is 4. The summed E-state index contributed by atoms with van der Waals surface area (Å²) >= 11 is 5.89. The van der Waals surface area contributed by atoms with E-state index in [9.17, 15) is 19.7 Å². The van der Waals surface area contributed by atoms with Crippen molar-refractivity contribution in [3.63, 3.8) is 0 Å². The van der Waals surface area contributed by atoms with Gasteiger partial charge in [0.1, 0.15) is 5.56 Å². The number of anilines is 2. The van der Waals surface area contributed by atoms with Crippen LogP contribution in [0.1, 0.15) is 36.2 Å². The van der Waals surface area contributed by atoms with E-state index in [2.05, 4.69) is 5.32 Å². The zero-order chi connectivity index (χ0) is 20.4. The summed E-state index contributed by atoms with van der Waals surface area (Å²) in [6.07, 6.45) is 1.63. The number of nitrogens with one attached hydrogen (secondary N) is 1. The highest BCUT2D eigenvalue weighted by Crippen LogP contribution is 2.31. The first-order valence-corrected chi connectivity index (χ1v) is 9.35. The van der Waals surface area contributed by atoms with Gasteiger partial charge in [-0.15, -0.1) is 0 Å². The topological polar surface area (TPSA) is 92.6 Å². The minimum atomic E-state index is -0.618. The molecule has 3 rings (SSSR count). The molecule has 0 radical (unpaired) electrons. The van der Waals surface area contributed by atoms with Crippen LogP contribution < -0.4 is 10.2 Å². The maximum Gasteiger partial charge on any atom is 0.282 e. The van der Waals surface area contributed by atoms with Crippen molar-refractivity contribution in [1.29, 1.82) is 0 Å². The van der Waals surface area contributed by atoms with E-state index in [-0.39, 0.29) is 28.1 Å². The maximum absolute atomic E-state index is 12.6. The fourth-order valence-electron chi connectivity index (χ4n) is 3.26. The molecule has 28 heavy (non-hydrogen) atoms. The molecule has 0 saturated carbocycles. The summed E-state index contributed by atoms with van der Waals surface area (Å²) in [6.45, 7) is 4.40. The van der Waals surface area contributed by atoms with Crippen LogP contribution in [0.3, 0.4) is 0 Å². The highest BCUT2D eigenvalue weighted by molar-refractivity contribution is 6.31. The molecule has 0 bridgehead atoms. The number of nitro benzene ring substituents is 1. The Morgan fingerprint density at radius 2 is 1.96 bits per heavy atom. The number of carbonyl (C=O) groups is 2. The molecule has 0 fully saturated rings. The fraction of sp³-hybridized carbons (Fsp3) is 0.300. The lowest BCUT2D eigenvalue weighted by Crippen LogP contribution is -2.38. The van der Waals surface area contributed by atoms with Crippen LogP contribution in [0.25, 0.3) is 0 Å². The predicted octanol–water partition coefficient (Wildman–Crippen LogP) is 4.44. The number of hydrogen-bond acceptors (Lipinski definition) is 4. The second kappa shape index (κ2) is 7.98. The molecule has 2 amide bonds. The Kier molecular flexibility index (Phi) is 5.65. The number of amides is 2. The highest BCUT2D eigenvalue weighted by atomic mass is 35.5. The van der Waals surface area contributed by atoms with Gasteiger partial charge in [-0.2, -0.15) is 0 Å². The van der Waals surface area contributed by atoms with E-state index in [0.29, 0.717) is 12.2 Å². The van der Waals surface area contributed by atoms with Gasteiger partial charge in [0.15, 0.2) is 0 Å². The largest absolute Gasteiger partial charge is 0.322 e. The summed E-state index contributed by atoms with van der Waals surface area (Å²) in [5.41, 5.74) is 1.90. The molecule has 0 spiro atoms. The van der Waals surface area contributed by atoms with Crippen LogP contribution in [0.15, 0.2) is 36.4 Å². The summed E-state index contributed by atoms with van der Waals surface area (Å²) in [7, 11) is 0. The molecule has 0 aliphatic carbocycles. The van der Waals surface area contributed by atoms with Crippen molar-refractivity contribution in [2.75, 3.05) is 16.8 Å². The second-order valence-electron chi connectivity index (χ2n) is 6.96. The number of benzene rings is 2. The first-order chi connectivity index (χ1) is 13.3. The molecular weight excluding hydrogens is 382 g/mol. The number of nitro groups is 1. The van der Waals surface area contributed by atoms with Gasteiger partial charge < -0.3 is 10.2 Å². The van der Waals surface area contributed by atoms with Gasteiger partial charge in [-0.25, -0.2) is 0 Å². The Hall–Kier alpha value is -2.93. The molecule has 0 atom stereocenters. The normalized spacial score (nSPS) is 13.2. The molecule has 7 nitrogen and oxygen atoms in total. The van der Waals surface area contributed by atoms with E-state index in [0.717, 1.165) is 24.1 Å². The SMILES string of the molecule is CC(C)C(=O)N1CCCc2cc(NC(=O)c3cc(Cl)ccc3[N+](=O)[O-])ccc21. The van der Waals surface area contributed by atoms with Gasteiger partial charge in [-0.1, -0.05) is 25.4 Å². The number of nitrogens with zero attached hydrogens (tertiary/aromatic N) is 2. The zero-order valence-electron chi connectivity index (χ0n) is 15.6. The van der Waals surface area contributed by atoms with Crippen molar-refractivity contribution in [3.05, 3.63) is 62.7 Å². The van der Waals surface area contributed by atoms with Crippen LogP contribution in [0.5, 0.6) is 0 Å². The second-order valence-corrected chi connectivity index (χ2v) is 7.40. The first-order valence-electron chi connectivity index (χ1n) is 8.97. The lowest BCUT2D eigenvalue weighted by atomic mass is 9.99. The number of fused-ring (bicyclic) bond motifs is 1. The third-order valence-corrected chi connectivity index (χ3v) is 4.85. The molecule has 1 aliphatic rings. The number of halogens is 1. The van der Waals surface area contributed by atoms with Gasteiger partial charge >= 0.3 is 0 Å². The van der Waals surface area contributed by atoms with Crippen LogP contribution in [0, 0.1) is 16.0 Å².